The van der Waals surface area contributed by atoms with Crippen LogP contribution in [0.5, 0.6) is 17.2 Å². The summed E-state index contributed by atoms with van der Waals surface area (Å²) < 4.78 is 15.9. The first-order chi connectivity index (χ1) is 13.1. The van der Waals surface area contributed by atoms with E-state index in [4.69, 9.17) is 14.2 Å². The third-order valence-electron chi connectivity index (χ3n) is 4.77. The first-order valence-corrected chi connectivity index (χ1v) is 9.12. The van der Waals surface area contributed by atoms with Crippen molar-refractivity contribution in [3.63, 3.8) is 0 Å². The zero-order valence-corrected chi connectivity index (χ0v) is 16.1. The fourth-order valence-corrected chi connectivity index (χ4v) is 3.28. The largest absolute Gasteiger partial charge is 0.497 e. The van der Waals surface area contributed by atoms with Gasteiger partial charge in [0.15, 0.2) is 0 Å². The number of benzene rings is 2. The minimum Gasteiger partial charge on any atom is -0.497 e. The van der Waals surface area contributed by atoms with Crippen LogP contribution in [0.1, 0.15) is 29.6 Å². The van der Waals surface area contributed by atoms with Crippen molar-refractivity contribution in [3.05, 3.63) is 42.0 Å². The van der Waals surface area contributed by atoms with Crippen molar-refractivity contribution in [1.82, 2.24) is 0 Å². The molecule has 6 heteroatoms. The Morgan fingerprint density at radius 1 is 0.889 bits per heavy atom. The molecule has 2 aromatic carbocycles. The number of rotatable bonds is 6. The summed E-state index contributed by atoms with van der Waals surface area (Å²) in [6, 6.07) is 11.0. The van der Waals surface area contributed by atoms with Gasteiger partial charge in [0.25, 0.3) is 5.91 Å². The number of piperidine rings is 1. The van der Waals surface area contributed by atoms with Crippen LogP contribution in [0, 0.1) is 0 Å². The molecule has 1 heterocycles. The van der Waals surface area contributed by atoms with Crippen molar-refractivity contribution in [2.75, 3.05) is 44.6 Å². The van der Waals surface area contributed by atoms with Gasteiger partial charge in [-0.05, 0) is 49.6 Å². The average Bonchev–Trinajstić information content (AvgIpc) is 2.73. The van der Waals surface area contributed by atoms with E-state index in [0.29, 0.717) is 28.5 Å². The van der Waals surface area contributed by atoms with E-state index in [0.717, 1.165) is 18.8 Å². The standard InChI is InChI=1S/C21H26N2O4/c1-25-17-11-15(12-18(14-17)26-2)21(24)22-19-13-16(7-8-20(19)27-3)23-9-5-4-6-10-23/h7-8,11-14H,4-6,9-10H2,1-3H3,(H,22,24). The Hall–Kier alpha value is -2.89. The van der Waals surface area contributed by atoms with Gasteiger partial charge in [0.2, 0.25) is 0 Å². The monoisotopic (exact) mass is 370 g/mol. The summed E-state index contributed by atoms with van der Waals surface area (Å²) in [6.45, 7) is 2.07. The molecule has 1 aliphatic heterocycles. The number of hydrogen-bond acceptors (Lipinski definition) is 5. The molecule has 0 aromatic heterocycles. The molecule has 1 saturated heterocycles. The van der Waals surface area contributed by atoms with E-state index >= 15 is 0 Å². The lowest BCUT2D eigenvalue weighted by molar-refractivity contribution is 0.102. The Balaban J connectivity index is 1.86. The van der Waals surface area contributed by atoms with Crippen molar-refractivity contribution in [1.29, 1.82) is 0 Å². The quantitative estimate of drug-likeness (QED) is 0.834. The maximum Gasteiger partial charge on any atom is 0.256 e. The molecule has 0 unspecified atom stereocenters. The van der Waals surface area contributed by atoms with Gasteiger partial charge in [-0.3, -0.25) is 4.79 Å². The molecule has 0 spiro atoms. The molecular weight excluding hydrogens is 344 g/mol. The Kier molecular flexibility index (Phi) is 6.06. The molecule has 0 atom stereocenters. The van der Waals surface area contributed by atoms with Crippen molar-refractivity contribution < 1.29 is 19.0 Å². The van der Waals surface area contributed by atoms with E-state index in [1.165, 1.54) is 19.3 Å². The molecule has 1 aliphatic rings. The molecule has 1 N–H and O–H groups in total. The number of carbonyl (C=O) groups excluding carboxylic acids is 1. The van der Waals surface area contributed by atoms with Crippen molar-refractivity contribution in [3.8, 4) is 17.2 Å². The Labute approximate surface area is 160 Å². The van der Waals surface area contributed by atoms with Gasteiger partial charge in [0.1, 0.15) is 17.2 Å². The lowest BCUT2D eigenvalue weighted by Crippen LogP contribution is -2.29. The summed E-state index contributed by atoms with van der Waals surface area (Å²) in [7, 11) is 4.71. The summed E-state index contributed by atoms with van der Waals surface area (Å²) >= 11 is 0. The third-order valence-corrected chi connectivity index (χ3v) is 4.77. The van der Waals surface area contributed by atoms with Crippen LogP contribution in [-0.2, 0) is 0 Å². The zero-order chi connectivity index (χ0) is 19.2. The maximum atomic E-state index is 12.8. The number of nitrogens with one attached hydrogen (secondary N) is 1. The number of hydrogen-bond donors (Lipinski definition) is 1. The van der Waals surface area contributed by atoms with Crippen molar-refractivity contribution >= 4 is 17.3 Å². The van der Waals surface area contributed by atoms with Crippen molar-refractivity contribution in [2.45, 2.75) is 19.3 Å². The molecule has 3 rings (SSSR count). The van der Waals surface area contributed by atoms with Crippen LogP contribution < -0.4 is 24.4 Å². The van der Waals surface area contributed by atoms with E-state index in [1.807, 2.05) is 18.2 Å². The van der Waals surface area contributed by atoms with E-state index < -0.39 is 0 Å². The maximum absolute atomic E-state index is 12.8. The van der Waals surface area contributed by atoms with Gasteiger partial charge in [-0.1, -0.05) is 0 Å². The SMILES string of the molecule is COc1cc(OC)cc(C(=O)Nc2cc(N3CCCCC3)ccc2OC)c1. The molecule has 144 valence electrons. The number of amides is 1. The number of methoxy groups -OCH3 is 3. The van der Waals surface area contributed by atoms with E-state index in [-0.39, 0.29) is 5.91 Å². The minimum absolute atomic E-state index is 0.249. The normalized spacial score (nSPS) is 13.8. The number of carbonyl (C=O) groups is 1. The predicted molar refractivity (Wildman–Crippen MR) is 107 cm³/mol. The van der Waals surface area contributed by atoms with Crippen LogP contribution >= 0.6 is 0 Å². The molecule has 0 radical (unpaired) electrons. The summed E-state index contributed by atoms with van der Waals surface area (Å²) in [5.74, 6) is 1.50. The second kappa shape index (κ2) is 8.66. The highest BCUT2D eigenvalue weighted by atomic mass is 16.5. The Morgan fingerprint density at radius 3 is 2.15 bits per heavy atom. The molecule has 0 bridgehead atoms. The summed E-state index contributed by atoms with van der Waals surface area (Å²) in [5.41, 5.74) is 2.19. The molecule has 6 nitrogen and oxygen atoms in total. The first kappa shape index (κ1) is 18.9. The number of anilines is 2. The second-order valence-electron chi connectivity index (χ2n) is 6.49. The lowest BCUT2D eigenvalue weighted by atomic mass is 10.1. The molecule has 0 saturated carbocycles. The van der Waals surface area contributed by atoms with Gasteiger partial charge >= 0.3 is 0 Å². The van der Waals surface area contributed by atoms with Crippen LogP contribution in [0.4, 0.5) is 11.4 Å². The van der Waals surface area contributed by atoms with Gasteiger partial charge in [-0.2, -0.15) is 0 Å². The highest BCUT2D eigenvalue weighted by Crippen LogP contribution is 2.32. The third kappa shape index (κ3) is 4.45. The average molecular weight is 370 g/mol. The van der Waals surface area contributed by atoms with Crippen molar-refractivity contribution in [2.24, 2.45) is 0 Å². The molecule has 1 amide bonds. The minimum atomic E-state index is -0.249. The number of ether oxygens (including phenoxy) is 3. The Bertz CT molecular complexity index is 779. The topological polar surface area (TPSA) is 60.0 Å². The smallest absolute Gasteiger partial charge is 0.256 e. The molecule has 0 aliphatic carbocycles. The lowest BCUT2D eigenvalue weighted by Gasteiger charge is -2.29. The Morgan fingerprint density at radius 2 is 1.56 bits per heavy atom. The number of nitrogens with zero attached hydrogens (tertiary/aromatic N) is 1. The first-order valence-electron chi connectivity index (χ1n) is 9.12. The highest BCUT2D eigenvalue weighted by Gasteiger charge is 2.16. The van der Waals surface area contributed by atoms with E-state index in [1.54, 1.807) is 39.5 Å². The van der Waals surface area contributed by atoms with Gasteiger partial charge in [-0.15, -0.1) is 0 Å². The van der Waals surface area contributed by atoms with Gasteiger partial charge in [0.05, 0.1) is 27.0 Å². The zero-order valence-electron chi connectivity index (χ0n) is 16.1. The summed E-state index contributed by atoms with van der Waals surface area (Å²) in [4.78, 5) is 15.2. The second-order valence-corrected chi connectivity index (χ2v) is 6.49. The molecule has 27 heavy (non-hydrogen) atoms. The van der Waals surface area contributed by atoms with Crippen LogP contribution in [0.25, 0.3) is 0 Å². The highest BCUT2D eigenvalue weighted by molar-refractivity contribution is 6.05. The van der Waals surface area contributed by atoms with Gasteiger partial charge in [-0.25, -0.2) is 0 Å². The van der Waals surface area contributed by atoms with Crippen LogP contribution in [0.3, 0.4) is 0 Å². The fraction of sp³-hybridized carbons (Fsp3) is 0.381. The van der Waals surface area contributed by atoms with Gasteiger partial charge in [0, 0.05) is 30.4 Å². The van der Waals surface area contributed by atoms with Crippen LogP contribution in [-0.4, -0.2) is 40.3 Å². The van der Waals surface area contributed by atoms with Crippen LogP contribution in [0.2, 0.25) is 0 Å². The predicted octanol–water partition coefficient (Wildman–Crippen LogP) is 3.96. The van der Waals surface area contributed by atoms with E-state index in [2.05, 4.69) is 10.2 Å². The summed E-state index contributed by atoms with van der Waals surface area (Å²) in [5, 5.41) is 2.96. The van der Waals surface area contributed by atoms with Gasteiger partial charge < -0.3 is 24.4 Å². The molecule has 2 aromatic rings. The van der Waals surface area contributed by atoms with E-state index in [9.17, 15) is 4.79 Å². The fourth-order valence-electron chi connectivity index (χ4n) is 3.28. The summed E-state index contributed by atoms with van der Waals surface area (Å²) in [6.07, 6.45) is 3.66. The molecular formula is C21H26N2O4. The molecule has 1 fully saturated rings. The van der Waals surface area contributed by atoms with Crippen LogP contribution in [0.15, 0.2) is 36.4 Å².